The van der Waals surface area contributed by atoms with E-state index in [9.17, 15) is 4.39 Å². The van der Waals surface area contributed by atoms with Crippen molar-refractivity contribution in [3.63, 3.8) is 0 Å². The van der Waals surface area contributed by atoms with Crippen LogP contribution in [0.4, 0.5) is 4.39 Å². The number of hydrogen-bond acceptors (Lipinski definition) is 1. The maximum absolute atomic E-state index is 12.6. The van der Waals surface area contributed by atoms with Crippen LogP contribution in [0.3, 0.4) is 0 Å². The summed E-state index contributed by atoms with van der Waals surface area (Å²) in [6.45, 7) is 2.07. The third-order valence-electron chi connectivity index (χ3n) is 2.47. The maximum atomic E-state index is 12.6. The summed E-state index contributed by atoms with van der Waals surface area (Å²) >= 11 is 0. The lowest BCUT2D eigenvalue weighted by atomic mass is 10.1. The van der Waals surface area contributed by atoms with E-state index in [1.807, 2.05) is 0 Å². The molecule has 2 atom stereocenters. The first-order valence-electron chi connectivity index (χ1n) is 4.66. The summed E-state index contributed by atoms with van der Waals surface area (Å²) in [5, 5.41) is 0. The van der Waals surface area contributed by atoms with E-state index in [0.29, 0.717) is 6.10 Å². The van der Waals surface area contributed by atoms with Gasteiger partial charge in [0.05, 0.1) is 12.2 Å². The summed E-state index contributed by atoms with van der Waals surface area (Å²) < 4.78 is 18.3. The number of rotatable bonds is 1. The van der Waals surface area contributed by atoms with Crippen molar-refractivity contribution in [2.24, 2.45) is 0 Å². The highest BCUT2D eigenvalue weighted by atomic mass is 19.1. The second-order valence-corrected chi connectivity index (χ2v) is 3.56. The Balaban J connectivity index is 2.13. The predicted octanol–water partition coefficient (Wildman–Crippen LogP) is 3.07. The van der Waals surface area contributed by atoms with Gasteiger partial charge in [-0.25, -0.2) is 4.39 Å². The quantitative estimate of drug-likeness (QED) is 0.645. The minimum atomic E-state index is -0.185. The van der Waals surface area contributed by atoms with Crippen LogP contribution in [-0.2, 0) is 4.74 Å². The van der Waals surface area contributed by atoms with Gasteiger partial charge in [-0.3, -0.25) is 0 Å². The number of hydrogen-bond donors (Lipinski definition) is 0. The molecule has 13 heavy (non-hydrogen) atoms. The summed E-state index contributed by atoms with van der Waals surface area (Å²) in [6, 6.07) is 6.58. The molecule has 0 saturated carbocycles. The zero-order chi connectivity index (χ0) is 9.26. The van der Waals surface area contributed by atoms with Crippen molar-refractivity contribution in [2.75, 3.05) is 0 Å². The van der Waals surface area contributed by atoms with Gasteiger partial charge in [-0.05, 0) is 37.5 Å². The minimum Gasteiger partial charge on any atom is -0.371 e. The van der Waals surface area contributed by atoms with Gasteiger partial charge in [-0.2, -0.15) is 0 Å². The van der Waals surface area contributed by atoms with Gasteiger partial charge in [-0.1, -0.05) is 12.1 Å². The van der Waals surface area contributed by atoms with E-state index in [-0.39, 0.29) is 11.9 Å². The van der Waals surface area contributed by atoms with Crippen LogP contribution < -0.4 is 0 Å². The van der Waals surface area contributed by atoms with Crippen molar-refractivity contribution >= 4 is 0 Å². The van der Waals surface area contributed by atoms with Gasteiger partial charge in [0.1, 0.15) is 5.82 Å². The first-order valence-corrected chi connectivity index (χ1v) is 4.66. The molecule has 0 bridgehead atoms. The molecular formula is C11H13FO. The van der Waals surface area contributed by atoms with Crippen LogP contribution in [0.15, 0.2) is 24.3 Å². The van der Waals surface area contributed by atoms with E-state index in [1.54, 1.807) is 12.1 Å². The SMILES string of the molecule is C[C@@H]1CC[C@@H](c2ccc(F)cc2)O1. The van der Waals surface area contributed by atoms with Gasteiger partial charge in [0.2, 0.25) is 0 Å². The average Bonchev–Trinajstić information content (AvgIpc) is 2.53. The Morgan fingerprint density at radius 2 is 1.92 bits per heavy atom. The van der Waals surface area contributed by atoms with Crippen molar-refractivity contribution < 1.29 is 9.13 Å². The average molecular weight is 180 g/mol. The van der Waals surface area contributed by atoms with Crippen LogP contribution in [-0.4, -0.2) is 6.10 Å². The van der Waals surface area contributed by atoms with Crippen molar-refractivity contribution in [3.05, 3.63) is 35.6 Å². The molecule has 1 saturated heterocycles. The summed E-state index contributed by atoms with van der Waals surface area (Å²) in [5.74, 6) is -0.185. The monoisotopic (exact) mass is 180 g/mol. The number of halogens is 1. The van der Waals surface area contributed by atoms with E-state index < -0.39 is 0 Å². The predicted molar refractivity (Wildman–Crippen MR) is 48.9 cm³/mol. The van der Waals surface area contributed by atoms with Crippen molar-refractivity contribution in [1.82, 2.24) is 0 Å². The molecule has 0 amide bonds. The molecule has 0 radical (unpaired) electrons. The highest BCUT2D eigenvalue weighted by Gasteiger charge is 2.22. The second-order valence-electron chi connectivity index (χ2n) is 3.56. The third kappa shape index (κ3) is 1.89. The molecule has 1 nitrogen and oxygen atoms in total. The Morgan fingerprint density at radius 1 is 1.23 bits per heavy atom. The number of benzene rings is 1. The molecular weight excluding hydrogens is 167 g/mol. The number of ether oxygens (including phenoxy) is 1. The largest absolute Gasteiger partial charge is 0.371 e. The van der Waals surface area contributed by atoms with Crippen molar-refractivity contribution in [2.45, 2.75) is 32.0 Å². The molecule has 70 valence electrons. The maximum Gasteiger partial charge on any atom is 0.123 e. The summed E-state index contributed by atoms with van der Waals surface area (Å²) in [5.41, 5.74) is 1.09. The van der Waals surface area contributed by atoms with E-state index >= 15 is 0 Å². The van der Waals surface area contributed by atoms with E-state index in [1.165, 1.54) is 12.1 Å². The summed E-state index contributed by atoms with van der Waals surface area (Å²) in [6.07, 6.45) is 2.67. The highest BCUT2D eigenvalue weighted by Crippen LogP contribution is 2.32. The first-order chi connectivity index (χ1) is 6.25. The Bertz CT molecular complexity index is 281. The van der Waals surface area contributed by atoms with Crippen molar-refractivity contribution in [3.8, 4) is 0 Å². The molecule has 0 spiro atoms. The second kappa shape index (κ2) is 3.46. The lowest BCUT2D eigenvalue weighted by Gasteiger charge is -2.10. The molecule has 0 aliphatic carbocycles. The van der Waals surface area contributed by atoms with E-state index in [0.717, 1.165) is 18.4 Å². The van der Waals surface area contributed by atoms with Gasteiger partial charge in [0.25, 0.3) is 0 Å². The summed E-state index contributed by atoms with van der Waals surface area (Å²) in [7, 11) is 0. The Morgan fingerprint density at radius 3 is 2.46 bits per heavy atom. The molecule has 0 aromatic heterocycles. The zero-order valence-corrected chi connectivity index (χ0v) is 7.66. The lowest BCUT2D eigenvalue weighted by molar-refractivity contribution is 0.0555. The molecule has 1 aliphatic heterocycles. The Labute approximate surface area is 77.5 Å². The smallest absolute Gasteiger partial charge is 0.123 e. The van der Waals surface area contributed by atoms with E-state index in [2.05, 4.69) is 6.92 Å². The van der Waals surface area contributed by atoms with E-state index in [4.69, 9.17) is 4.74 Å². The molecule has 0 N–H and O–H groups in total. The lowest BCUT2D eigenvalue weighted by Crippen LogP contribution is -2.00. The molecule has 1 fully saturated rings. The molecule has 2 rings (SSSR count). The Kier molecular flexibility index (Phi) is 2.32. The van der Waals surface area contributed by atoms with Gasteiger partial charge in [0.15, 0.2) is 0 Å². The van der Waals surface area contributed by atoms with Crippen LogP contribution >= 0.6 is 0 Å². The van der Waals surface area contributed by atoms with Crippen LogP contribution in [0.5, 0.6) is 0 Å². The topological polar surface area (TPSA) is 9.23 Å². The summed E-state index contributed by atoms with van der Waals surface area (Å²) in [4.78, 5) is 0. The molecule has 1 aliphatic rings. The third-order valence-corrected chi connectivity index (χ3v) is 2.47. The van der Waals surface area contributed by atoms with Crippen LogP contribution in [0, 0.1) is 5.82 Å². The van der Waals surface area contributed by atoms with Crippen LogP contribution in [0.2, 0.25) is 0 Å². The van der Waals surface area contributed by atoms with Gasteiger partial charge < -0.3 is 4.74 Å². The van der Waals surface area contributed by atoms with Gasteiger partial charge >= 0.3 is 0 Å². The fourth-order valence-electron chi connectivity index (χ4n) is 1.73. The first kappa shape index (κ1) is 8.70. The molecule has 1 heterocycles. The molecule has 1 aromatic rings. The van der Waals surface area contributed by atoms with Gasteiger partial charge in [0, 0.05) is 0 Å². The van der Waals surface area contributed by atoms with Gasteiger partial charge in [-0.15, -0.1) is 0 Å². The highest BCUT2D eigenvalue weighted by molar-refractivity contribution is 5.19. The standard InChI is InChI=1S/C11H13FO/c1-8-2-7-11(13-8)9-3-5-10(12)6-4-9/h3-6,8,11H,2,7H2,1H3/t8-,11+/m1/s1. The fraction of sp³-hybridized carbons (Fsp3) is 0.455. The van der Waals surface area contributed by atoms with Crippen LogP contribution in [0.1, 0.15) is 31.4 Å². The molecule has 1 aromatic carbocycles. The van der Waals surface area contributed by atoms with Crippen molar-refractivity contribution in [1.29, 1.82) is 0 Å². The molecule has 2 heteroatoms. The normalized spacial score (nSPS) is 27.8. The van der Waals surface area contributed by atoms with Crippen LogP contribution in [0.25, 0.3) is 0 Å². The fourth-order valence-corrected chi connectivity index (χ4v) is 1.73. The minimum absolute atomic E-state index is 0.176. The zero-order valence-electron chi connectivity index (χ0n) is 7.66. The Hall–Kier alpha value is -0.890. The molecule has 0 unspecified atom stereocenters.